The summed E-state index contributed by atoms with van der Waals surface area (Å²) in [6.07, 6.45) is -2.37. The molecule has 0 spiro atoms. The number of aromatic nitrogens is 1. The third-order valence-electron chi connectivity index (χ3n) is 1.52. The third-order valence-corrected chi connectivity index (χ3v) is 1.52. The van der Waals surface area contributed by atoms with Crippen molar-refractivity contribution in [1.82, 2.24) is 4.98 Å². The zero-order valence-corrected chi connectivity index (χ0v) is 10.5. The van der Waals surface area contributed by atoms with Crippen molar-refractivity contribution in [3.63, 3.8) is 0 Å². The van der Waals surface area contributed by atoms with E-state index in [0.717, 1.165) is 11.6 Å². The Labute approximate surface area is 95.7 Å². The van der Waals surface area contributed by atoms with Crippen LogP contribution in [0.4, 0.5) is 13.2 Å². The molecule has 16 heavy (non-hydrogen) atoms. The molecule has 1 heterocycles. The van der Waals surface area contributed by atoms with Crippen LogP contribution in [-0.4, -0.2) is 4.98 Å². The van der Waals surface area contributed by atoms with Gasteiger partial charge in [0.15, 0.2) is 0 Å². The van der Waals surface area contributed by atoms with Crippen LogP contribution in [0.3, 0.4) is 0 Å². The topological polar surface area (TPSA) is 12.9 Å². The van der Waals surface area contributed by atoms with Crippen molar-refractivity contribution in [3.05, 3.63) is 29.6 Å². The normalized spacial score (nSPS) is 9.50. The summed E-state index contributed by atoms with van der Waals surface area (Å²) in [5, 5.41) is 0. The predicted octanol–water partition coefficient (Wildman–Crippen LogP) is 4.72. The van der Waals surface area contributed by atoms with Gasteiger partial charge < -0.3 is 0 Å². The van der Waals surface area contributed by atoms with Crippen molar-refractivity contribution in [1.29, 1.82) is 0 Å². The van der Waals surface area contributed by atoms with E-state index in [1.165, 1.54) is 12.3 Å². The number of halogens is 3. The molecule has 1 aromatic heterocycles. The quantitative estimate of drug-likeness (QED) is 0.686. The van der Waals surface area contributed by atoms with Crippen LogP contribution in [0.1, 0.15) is 45.9 Å². The van der Waals surface area contributed by atoms with Crippen LogP contribution in [0.5, 0.6) is 0 Å². The maximum atomic E-state index is 12.0. The Bertz CT molecular complexity index is 252. The largest absolute Gasteiger partial charge is 0.433 e. The summed E-state index contributed by atoms with van der Waals surface area (Å²) in [6.45, 7) is 9.87. The number of pyridine rings is 1. The summed E-state index contributed by atoms with van der Waals surface area (Å²) in [5.74, 6) is 0. The smallest absolute Gasteiger partial charge is 0.252 e. The van der Waals surface area contributed by atoms with E-state index in [0.29, 0.717) is 6.42 Å². The molecule has 1 aromatic rings. The Morgan fingerprint density at radius 1 is 1.06 bits per heavy atom. The highest BCUT2D eigenvalue weighted by Gasteiger charge is 2.31. The number of nitrogens with zero attached hydrogens (tertiary/aromatic N) is 1. The second kappa shape index (κ2) is 9.19. The van der Waals surface area contributed by atoms with Crippen LogP contribution in [0.15, 0.2) is 18.3 Å². The zero-order chi connectivity index (χ0) is 13.2. The molecular weight excluding hydrogens is 215 g/mol. The van der Waals surface area contributed by atoms with Gasteiger partial charge in [0.2, 0.25) is 0 Å². The molecule has 0 saturated heterocycles. The van der Waals surface area contributed by atoms with Crippen molar-refractivity contribution in [2.75, 3.05) is 0 Å². The lowest BCUT2D eigenvalue weighted by molar-refractivity contribution is -0.141. The van der Waals surface area contributed by atoms with Crippen molar-refractivity contribution in [2.24, 2.45) is 0 Å². The third kappa shape index (κ3) is 6.43. The van der Waals surface area contributed by atoms with E-state index < -0.39 is 11.9 Å². The number of hydrogen-bond acceptors (Lipinski definition) is 1. The molecule has 0 aromatic carbocycles. The average Bonchev–Trinajstić information content (AvgIpc) is 2.33. The van der Waals surface area contributed by atoms with Gasteiger partial charge in [-0.15, -0.1) is 0 Å². The molecule has 0 fully saturated rings. The molecule has 94 valence electrons. The molecule has 0 radical (unpaired) electrons. The standard InChI is InChI=1S/C8H8F3N.2C2H6/c1-2-6-3-4-7(12-5-6)8(9,10)11;2*1-2/h3-5H,2H2,1H3;2*1-2H3. The highest BCUT2D eigenvalue weighted by atomic mass is 19.4. The van der Waals surface area contributed by atoms with E-state index in [-0.39, 0.29) is 0 Å². The Balaban J connectivity index is 0. The van der Waals surface area contributed by atoms with Crippen molar-refractivity contribution in [2.45, 2.75) is 47.2 Å². The van der Waals surface area contributed by atoms with Crippen LogP contribution in [-0.2, 0) is 12.6 Å². The van der Waals surface area contributed by atoms with Crippen molar-refractivity contribution < 1.29 is 13.2 Å². The molecule has 0 aliphatic heterocycles. The first kappa shape index (κ1) is 17.3. The molecule has 4 heteroatoms. The molecule has 0 atom stereocenters. The molecule has 0 aliphatic rings. The van der Waals surface area contributed by atoms with Crippen LogP contribution < -0.4 is 0 Å². The highest BCUT2D eigenvalue weighted by molar-refractivity contribution is 5.15. The molecule has 0 saturated carbocycles. The average molecular weight is 235 g/mol. The summed E-state index contributed by atoms with van der Waals surface area (Å²) in [5.41, 5.74) is -0.0253. The molecular formula is C12H20F3N. The highest BCUT2D eigenvalue weighted by Crippen LogP contribution is 2.27. The Kier molecular flexibility index (Phi) is 9.96. The van der Waals surface area contributed by atoms with Gasteiger partial charge in [-0.3, -0.25) is 4.98 Å². The summed E-state index contributed by atoms with van der Waals surface area (Å²) in [6, 6.07) is 2.44. The SMILES string of the molecule is CC.CC.CCc1ccc(C(F)(F)F)nc1. The Hall–Kier alpha value is -1.06. The molecule has 0 aliphatic carbocycles. The maximum Gasteiger partial charge on any atom is 0.433 e. The van der Waals surface area contributed by atoms with Crippen LogP contribution >= 0.6 is 0 Å². The van der Waals surface area contributed by atoms with Gasteiger partial charge in [-0.2, -0.15) is 13.2 Å². The van der Waals surface area contributed by atoms with Gasteiger partial charge in [0.05, 0.1) is 0 Å². The minimum atomic E-state index is -4.33. The van der Waals surface area contributed by atoms with Gasteiger partial charge in [0.25, 0.3) is 0 Å². The minimum absolute atomic E-state index is 0.700. The molecule has 0 amide bonds. The van der Waals surface area contributed by atoms with Gasteiger partial charge in [-0.25, -0.2) is 0 Å². The van der Waals surface area contributed by atoms with Gasteiger partial charge in [-0.05, 0) is 18.1 Å². The lowest BCUT2D eigenvalue weighted by Crippen LogP contribution is -2.07. The van der Waals surface area contributed by atoms with Gasteiger partial charge in [-0.1, -0.05) is 40.7 Å². The number of alkyl halides is 3. The Morgan fingerprint density at radius 2 is 1.56 bits per heavy atom. The fraction of sp³-hybridized carbons (Fsp3) is 0.583. The summed E-state index contributed by atoms with van der Waals surface area (Å²) in [4.78, 5) is 3.30. The van der Waals surface area contributed by atoms with E-state index in [1.807, 2.05) is 34.6 Å². The Morgan fingerprint density at radius 3 is 1.81 bits per heavy atom. The first-order chi connectivity index (χ1) is 7.54. The second-order valence-corrected chi connectivity index (χ2v) is 2.40. The van der Waals surface area contributed by atoms with Crippen molar-refractivity contribution in [3.8, 4) is 0 Å². The first-order valence-corrected chi connectivity index (χ1v) is 5.56. The summed E-state index contributed by atoms with van der Waals surface area (Å²) in [7, 11) is 0. The van der Waals surface area contributed by atoms with Crippen molar-refractivity contribution >= 4 is 0 Å². The zero-order valence-electron chi connectivity index (χ0n) is 10.5. The lowest BCUT2D eigenvalue weighted by Gasteiger charge is -2.04. The number of rotatable bonds is 1. The van der Waals surface area contributed by atoms with E-state index in [9.17, 15) is 13.2 Å². The molecule has 0 bridgehead atoms. The van der Waals surface area contributed by atoms with Crippen LogP contribution in [0.25, 0.3) is 0 Å². The van der Waals surface area contributed by atoms with E-state index in [2.05, 4.69) is 4.98 Å². The fourth-order valence-electron chi connectivity index (χ4n) is 0.801. The molecule has 1 nitrogen and oxygen atoms in total. The number of hydrogen-bond donors (Lipinski definition) is 0. The summed E-state index contributed by atoms with van der Waals surface area (Å²) >= 11 is 0. The summed E-state index contributed by atoms with van der Waals surface area (Å²) < 4.78 is 35.9. The monoisotopic (exact) mass is 235 g/mol. The fourth-order valence-corrected chi connectivity index (χ4v) is 0.801. The van der Waals surface area contributed by atoms with Gasteiger partial charge in [0.1, 0.15) is 5.69 Å². The van der Waals surface area contributed by atoms with E-state index in [4.69, 9.17) is 0 Å². The number of aryl methyl sites for hydroxylation is 1. The second-order valence-electron chi connectivity index (χ2n) is 2.40. The predicted molar refractivity (Wildman–Crippen MR) is 61.3 cm³/mol. The lowest BCUT2D eigenvalue weighted by atomic mass is 10.2. The molecule has 0 unspecified atom stereocenters. The molecule has 1 rings (SSSR count). The van der Waals surface area contributed by atoms with E-state index in [1.54, 1.807) is 0 Å². The minimum Gasteiger partial charge on any atom is -0.252 e. The molecule has 0 N–H and O–H groups in total. The van der Waals surface area contributed by atoms with Gasteiger partial charge in [0, 0.05) is 6.20 Å². The first-order valence-electron chi connectivity index (χ1n) is 5.56. The van der Waals surface area contributed by atoms with Gasteiger partial charge >= 0.3 is 6.18 Å². The maximum absolute atomic E-state index is 12.0. The van der Waals surface area contributed by atoms with Crippen LogP contribution in [0.2, 0.25) is 0 Å². The van der Waals surface area contributed by atoms with Crippen LogP contribution in [0, 0.1) is 0 Å². The van der Waals surface area contributed by atoms with E-state index >= 15 is 0 Å².